The molecule has 2 fully saturated rings. The van der Waals surface area contributed by atoms with Crippen LogP contribution in [-0.2, 0) is 20.5 Å². The zero-order chi connectivity index (χ0) is 17.9. The number of carbonyl (C=O) groups is 1. The largest absolute Gasteiger partial charge is 0.378 e. The number of ether oxygens (including phenoxy) is 1. The van der Waals surface area contributed by atoms with Gasteiger partial charge in [0.1, 0.15) is 5.82 Å². The van der Waals surface area contributed by atoms with E-state index in [1.54, 1.807) is 9.80 Å². The third-order valence-electron chi connectivity index (χ3n) is 4.45. The molecule has 2 heterocycles. The summed E-state index contributed by atoms with van der Waals surface area (Å²) in [6.07, 6.45) is 0. The van der Waals surface area contributed by atoms with E-state index in [0.717, 1.165) is 0 Å². The van der Waals surface area contributed by atoms with Crippen molar-refractivity contribution >= 4 is 16.1 Å². The van der Waals surface area contributed by atoms with E-state index >= 15 is 0 Å². The van der Waals surface area contributed by atoms with Crippen LogP contribution in [0.3, 0.4) is 0 Å². The first kappa shape index (κ1) is 18.1. The van der Waals surface area contributed by atoms with Gasteiger partial charge in [0.15, 0.2) is 0 Å². The smallest absolute Gasteiger partial charge is 0.320 e. The van der Waals surface area contributed by atoms with Crippen LogP contribution in [0, 0.1) is 5.82 Å². The first-order valence-electron chi connectivity index (χ1n) is 8.29. The van der Waals surface area contributed by atoms with E-state index in [2.05, 4.69) is 0 Å². The van der Waals surface area contributed by atoms with E-state index in [1.165, 1.54) is 28.6 Å². The Bertz CT molecular complexity index is 697. The lowest BCUT2D eigenvalue weighted by Gasteiger charge is -2.38. The Hall–Kier alpha value is -1.71. The minimum Gasteiger partial charge on any atom is -0.378 e. The number of urea groups is 1. The maximum absolute atomic E-state index is 12.9. The second-order valence-electron chi connectivity index (χ2n) is 6.15. The lowest BCUT2D eigenvalue weighted by Crippen LogP contribution is -2.55. The fourth-order valence-corrected chi connectivity index (χ4v) is 4.51. The fourth-order valence-electron chi connectivity index (χ4n) is 2.99. The predicted molar refractivity (Wildman–Crippen MR) is 90.0 cm³/mol. The van der Waals surface area contributed by atoms with Gasteiger partial charge in [-0.25, -0.2) is 17.6 Å². The molecule has 2 aliphatic rings. The number of morpholine rings is 1. The molecule has 0 N–H and O–H groups in total. The summed E-state index contributed by atoms with van der Waals surface area (Å²) in [5.74, 6) is -0.554. The molecule has 2 aliphatic heterocycles. The number of rotatable bonds is 3. The Morgan fingerprint density at radius 1 is 0.960 bits per heavy atom. The van der Waals surface area contributed by atoms with Gasteiger partial charge in [-0.15, -0.1) is 0 Å². The van der Waals surface area contributed by atoms with E-state index in [1.807, 2.05) is 0 Å². The summed E-state index contributed by atoms with van der Waals surface area (Å²) in [5, 5.41) is 0. The standard InChI is InChI=1S/C16H22FN3O4S/c17-15-3-1-14(2-4-15)13-25(22,23)20-7-5-18(6-8-20)16(21)19-9-11-24-12-10-19/h1-4H,5-13H2. The zero-order valence-corrected chi connectivity index (χ0v) is 14.8. The van der Waals surface area contributed by atoms with Gasteiger partial charge in [0.05, 0.1) is 19.0 Å². The first-order chi connectivity index (χ1) is 12.0. The molecule has 1 aromatic carbocycles. The monoisotopic (exact) mass is 371 g/mol. The Balaban J connectivity index is 1.55. The highest BCUT2D eigenvalue weighted by atomic mass is 32.2. The molecule has 0 bridgehead atoms. The quantitative estimate of drug-likeness (QED) is 0.785. The maximum Gasteiger partial charge on any atom is 0.320 e. The van der Waals surface area contributed by atoms with E-state index in [-0.39, 0.29) is 24.9 Å². The summed E-state index contributed by atoms with van der Waals surface area (Å²) in [4.78, 5) is 15.9. The summed E-state index contributed by atoms with van der Waals surface area (Å²) >= 11 is 0. The molecule has 0 aliphatic carbocycles. The fraction of sp³-hybridized carbons (Fsp3) is 0.562. The number of nitrogens with zero attached hydrogens (tertiary/aromatic N) is 3. The van der Waals surface area contributed by atoms with Crippen molar-refractivity contribution in [1.82, 2.24) is 14.1 Å². The van der Waals surface area contributed by atoms with Gasteiger partial charge in [-0.3, -0.25) is 0 Å². The molecule has 1 aromatic rings. The Labute approximate surface area is 147 Å². The Morgan fingerprint density at radius 3 is 2.12 bits per heavy atom. The van der Waals surface area contributed by atoms with Gasteiger partial charge in [0.25, 0.3) is 0 Å². The third kappa shape index (κ3) is 4.47. The second kappa shape index (κ2) is 7.67. The lowest BCUT2D eigenvalue weighted by molar-refractivity contribution is 0.0405. The van der Waals surface area contributed by atoms with E-state index in [9.17, 15) is 17.6 Å². The molecule has 0 unspecified atom stereocenters. The van der Waals surface area contributed by atoms with Crippen LogP contribution in [0.4, 0.5) is 9.18 Å². The van der Waals surface area contributed by atoms with Gasteiger partial charge >= 0.3 is 6.03 Å². The summed E-state index contributed by atoms with van der Waals surface area (Å²) in [7, 11) is -3.48. The van der Waals surface area contributed by atoms with E-state index in [0.29, 0.717) is 45.0 Å². The number of amides is 2. The van der Waals surface area contributed by atoms with Crippen molar-refractivity contribution in [1.29, 1.82) is 0 Å². The van der Waals surface area contributed by atoms with Gasteiger partial charge in [-0.05, 0) is 17.7 Å². The average Bonchev–Trinajstić information content (AvgIpc) is 2.64. The highest BCUT2D eigenvalue weighted by molar-refractivity contribution is 7.88. The molecule has 2 saturated heterocycles. The summed E-state index contributed by atoms with van der Waals surface area (Å²) in [6, 6.07) is 5.41. The van der Waals surface area contributed by atoms with Gasteiger partial charge in [-0.2, -0.15) is 4.31 Å². The van der Waals surface area contributed by atoms with Crippen LogP contribution in [0.5, 0.6) is 0 Å². The minimum atomic E-state index is -3.48. The number of hydrogen-bond acceptors (Lipinski definition) is 4. The lowest BCUT2D eigenvalue weighted by atomic mass is 10.2. The topological polar surface area (TPSA) is 70.2 Å². The van der Waals surface area contributed by atoms with Gasteiger partial charge in [0, 0.05) is 39.3 Å². The van der Waals surface area contributed by atoms with Crippen molar-refractivity contribution in [2.24, 2.45) is 0 Å². The summed E-state index contributed by atoms with van der Waals surface area (Å²) < 4.78 is 44.6. The molecular weight excluding hydrogens is 349 g/mol. The van der Waals surface area contributed by atoms with Gasteiger partial charge < -0.3 is 14.5 Å². The molecule has 7 nitrogen and oxygen atoms in total. The minimum absolute atomic E-state index is 0.0566. The number of sulfonamides is 1. The number of piperazine rings is 1. The van der Waals surface area contributed by atoms with Crippen molar-refractivity contribution in [3.8, 4) is 0 Å². The second-order valence-corrected chi connectivity index (χ2v) is 8.12. The number of benzene rings is 1. The van der Waals surface area contributed by atoms with Crippen LogP contribution < -0.4 is 0 Å². The molecule has 9 heteroatoms. The van der Waals surface area contributed by atoms with Crippen LogP contribution >= 0.6 is 0 Å². The van der Waals surface area contributed by atoms with Crippen LogP contribution in [-0.4, -0.2) is 81.0 Å². The van der Waals surface area contributed by atoms with Crippen molar-refractivity contribution in [3.63, 3.8) is 0 Å². The molecule has 0 spiro atoms. The molecule has 3 rings (SSSR count). The SMILES string of the molecule is O=C(N1CCOCC1)N1CCN(S(=O)(=O)Cc2ccc(F)cc2)CC1. The van der Waals surface area contributed by atoms with Gasteiger partial charge in [0.2, 0.25) is 10.0 Å². The third-order valence-corrected chi connectivity index (χ3v) is 6.30. The highest BCUT2D eigenvalue weighted by Gasteiger charge is 2.31. The normalized spacial score (nSPS) is 19.9. The number of carbonyl (C=O) groups excluding carboxylic acids is 1. The van der Waals surface area contributed by atoms with Crippen LogP contribution in [0.25, 0.3) is 0 Å². The first-order valence-corrected chi connectivity index (χ1v) is 9.90. The Kier molecular flexibility index (Phi) is 5.55. The molecule has 0 aromatic heterocycles. The maximum atomic E-state index is 12.9. The molecule has 138 valence electrons. The molecule has 0 atom stereocenters. The van der Waals surface area contributed by atoms with Crippen molar-refractivity contribution in [2.45, 2.75) is 5.75 Å². The average molecular weight is 371 g/mol. The Morgan fingerprint density at radius 2 is 1.52 bits per heavy atom. The van der Waals surface area contributed by atoms with Gasteiger partial charge in [-0.1, -0.05) is 12.1 Å². The zero-order valence-electron chi connectivity index (χ0n) is 13.9. The highest BCUT2D eigenvalue weighted by Crippen LogP contribution is 2.15. The van der Waals surface area contributed by atoms with Crippen molar-refractivity contribution in [3.05, 3.63) is 35.6 Å². The molecule has 0 saturated carbocycles. The summed E-state index contributed by atoms with van der Waals surface area (Å²) in [5.41, 5.74) is 0.549. The van der Waals surface area contributed by atoms with Crippen molar-refractivity contribution < 1.29 is 22.3 Å². The van der Waals surface area contributed by atoms with Crippen LogP contribution in [0.1, 0.15) is 5.56 Å². The molecule has 0 radical (unpaired) electrons. The molecule has 2 amide bonds. The molecule has 25 heavy (non-hydrogen) atoms. The summed E-state index contributed by atoms with van der Waals surface area (Å²) in [6.45, 7) is 3.52. The predicted octanol–water partition coefficient (Wildman–Crippen LogP) is 0.725. The molecular formula is C16H22FN3O4S. The van der Waals surface area contributed by atoms with Crippen molar-refractivity contribution in [2.75, 3.05) is 52.5 Å². The van der Waals surface area contributed by atoms with E-state index in [4.69, 9.17) is 4.74 Å². The van der Waals surface area contributed by atoms with Crippen LogP contribution in [0.15, 0.2) is 24.3 Å². The van der Waals surface area contributed by atoms with E-state index < -0.39 is 15.8 Å². The number of hydrogen-bond donors (Lipinski definition) is 0. The number of halogens is 1. The van der Waals surface area contributed by atoms with Crippen LogP contribution in [0.2, 0.25) is 0 Å².